The first-order valence-corrected chi connectivity index (χ1v) is 5.61. The summed E-state index contributed by atoms with van der Waals surface area (Å²) in [6.07, 6.45) is 1.90. The minimum Gasteiger partial charge on any atom is -0.389 e. The number of nitrogens with one attached hydrogen (secondary N) is 2. The van der Waals surface area contributed by atoms with Crippen molar-refractivity contribution < 1.29 is 9.90 Å². The number of hydrogen-bond acceptors (Lipinski definition) is 3. The Balaban J connectivity index is 3.66. The maximum Gasteiger partial charge on any atom is 0.234 e. The van der Waals surface area contributed by atoms with Crippen LogP contribution in [0.5, 0.6) is 0 Å². The van der Waals surface area contributed by atoms with E-state index in [1.54, 1.807) is 13.8 Å². The van der Waals surface area contributed by atoms with Gasteiger partial charge in [-0.2, -0.15) is 0 Å². The van der Waals surface area contributed by atoms with Crippen molar-refractivity contribution in [3.63, 3.8) is 0 Å². The van der Waals surface area contributed by atoms with E-state index in [9.17, 15) is 9.90 Å². The van der Waals surface area contributed by atoms with E-state index in [1.165, 1.54) is 0 Å². The van der Waals surface area contributed by atoms with Crippen molar-refractivity contribution in [3.05, 3.63) is 0 Å². The number of carbonyl (C=O) groups excluding carboxylic acids is 1. The summed E-state index contributed by atoms with van der Waals surface area (Å²) in [4.78, 5) is 11.4. The normalized spacial score (nSPS) is 11.9. The average Bonchev–Trinajstić information content (AvgIpc) is 2.12. The Morgan fingerprint density at radius 1 is 1.33 bits per heavy atom. The van der Waals surface area contributed by atoms with E-state index in [-0.39, 0.29) is 18.5 Å². The molecular weight excluding hydrogens is 192 g/mol. The van der Waals surface area contributed by atoms with Crippen LogP contribution in [0.15, 0.2) is 0 Å². The summed E-state index contributed by atoms with van der Waals surface area (Å²) in [7, 11) is 0. The zero-order chi connectivity index (χ0) is 11.9. The van der Waals surface area contributed by atoms with Crippen LogP contribution in [0.3, 0.4) is 0 Å². The molecule has 0 bridgehead atoms. The first-order chi connectivity index (χ1) is 6.89. The van der Waals surface area contributed by atoms with E-state index in [0.717, 1.165) is 12.8 Å². The fraction of sp³-hybridized carbons (Fsp3) is 0.909. The van der Waals surface area contributed by atoms with Crippen molar-refractivity contribution in [2.75, 3.05) is 13.1 Å². The molecule has 0 rings (SSSR count). The van der Waals surface area contributed by atoms with Crippen molar-refractivity contribution in [2.45, 2.75) is 52.2 Å². The van der Waals surface area contributed by atoms with Crippen LogP contribution in [-0.2, 0) is 4.79 Å². The topological polar surface area (TPSA) is 61.4 Å². The third kappa shape index (κ3) is 8.39. The lowest BCUT2D eigenvalue weighted by Gasteiger charge is -2.19. The van der Waals surface area contributed by atoms with Crippen LogP contribution in [0.4, 0.5) is 0 Å². The molecule has 15 heavy (non-hydrogen) atoms. The summed E-state index contributed by atoms with van der Waals surface area (Å²) >= 11 is 0. The Hall–Kier alpha value is -0.610. The van der Waals surface area contributed by atoms with Crippen molar-refractivity contribution in [3.8, 4) is 0 Å². The van der Waals surface area contributed by atoms with Gasteiger partial charge in [-0.15, -0.1) is 0 Å². The number of amides is 1. The van der Waals surface area contributed by atoms with Crippen molar-refractivity contribution in [1.82, 2.24) is 10.6 Å². The van der Waals surface area contributed by atoms with Gasteiger partial charge in [0.15, 0.2) is 0 Å². The van der Waals surface area contributed by atoms with E-state index in [2.05, 4.69) is 24.5 Å². The fourth-order valence-corrected chi connectivity index (χ4v) is 1.25. The van der Waals surface area contributed by atoms with Gasteiger partial charge in [-0.25, -0.2) is 0 Å². The van der Waals surface area contributed by atoms with Gasteiger partial charge in [-0.3, -0.25) is 4.79 Å². The lowest BCUT2D eigenvalue weighted by Crippen LogP contribution is -2.43. The molecule has 0 aliphatic rings. The fourth-order valence-electron chi connectivity index (χ4n) is 1.25. The second-order valence-electron chi connectivity index (χ2n) is 4.50. The van der Waals surface area contributed by atoms with Gasteiger partial charge in [-0.05, 0) is 26.7 Å². The molecule has 0 aromatic carbocycles. The molecule has 0 aromatic heterocycles. The number of carbonyl (C=O) groups is 1. The van der Waals surface area contributed by atoms with Gasteiger partial charge in [0.2, 0.25) is 5.91 Å². The monoisotopic (exact) mass is 216 g/mol. The SMILES string of the molecule is CCC(CC)NC(=O)CNCC(C)(C)O. The largest absolute Gasteiger partial charge is 0.389 e. The molecule has 0 aromatic rings. The highest BCUT2D eigenvalue weighted by atomic mass is 16.3. The summed E-state index contributed by atoms with van der Waals surface area (Å²) in [6, 6.07) is 0.265. The number of hydrogen-bond donors (Lipinski definition) is 3. The summed E-state index contributed by atoms with van der Waals surface area (Å²) in [5.74, 6) is -0.00653. The Morgan fingerprint density at radius 3 is 2.27 bits per heavy atom. The van der Waals surface area contributed by atoms with Crippen LogP contribution >= 0.6 is 0 Å². The summed E-state index contributed by atoms with van der Waals surface area (Å²) in [5, 5.41) is 15.2. The van der Waals surface area contributed by atoms with Gasteiger partial charge in [0.1, 0.15) is 0 Å². The van der Waals surface area contributed by atoms with Crippen LogP contribution < -0.4 is 10.6 Å². The zero-order valence-corrected chi connectivity index (χ0v) is 10.3. The van der Waals surface area contributed by atoms with Crippen molar-refractivity contribution in [1.29, 1.82) is 0 Å². The third-order valence-corrected chi connectivity index (χ3v) is 2.19. The van der Waals surface area contributed by atoms with E-state index in [0.29, 0.717) is 6.54 Å². The Labute approximate surface area is 92.4 Å². The lowest BCUT2D eigenvalue weighted by molar-refractivity contribution is -0.121. The smallest absolute Gasteiger partial charge is 0.234 e. The van der Waals surface area contributed by atoms with Gasteiger partial charge in [-0.1, -0.05) is 13.8 Å². The second-order valence-corrected chi connectivity index (χ2v) is 4.50. The quantitative estimate of drug-likeness (QED) is 0.585. The summed E-state index contributed by atoms with van der Waals surface area (Å²) in [6.45, 7) is 8.21. The molecular formula is C11H24N2O2. The lowest BCUT2D eigenvalue weighted by atomic mass is 10.1. The molecule has 0 fully saturated rings. The molecule has 0 saturated heterocycles. The average molecular weight is 216 g/mol. The minimum absolute atomic E-state index is 0.00653. The maximum absolute atomic E-state index is 11.4. The summed E-state index contributed by atoms with van der Waals surface area (Å²) < 4.78 is 0. The molecule has 1 amide bonds. The highest BCUT2D eigenvalue weighted by molar-refractivity contribution is 5.78. The standard InChI is InChI=1S/C11H24N2O2/c1-5-9(6-2)13-10(14)7-12-8-11(3,4)15/h9,12,15H,5-8H2,1-4H3,(H,13,14). The molecule has 0 aliphatic carbocycles. The molecule has 90 valence electrons. The molecule has 0 unspecified atom stereocenters. The maximum atomic E-state index is 11.4. The molecule has 0 saturated carbocycles. The van der Waals surface area contributed by atoms with Gasteiger partial charge < -0.3 is 15.7 Å². The third-order valence-electron chi connectivity index (χ3n) is 2.19. The van der Waals surface area contributed by atoms with Crippen molar-refractivity contribution in [2.24, 2.45) is 0 Å². The van der Waals surface area contributed by atoms with Crippen LogP contribution in [0.25, 0.3) is 0 Å². The highest BCUT2D eigenvalue weighted by Crippen LogP contribution is 1.97. The van der Waals surface area contributed by atoms with E-state index < -0.39 is 5.60 Å². The van der Waals surface area contributed by atoms with Gasteiger partial charge >= 0.3 is 0 Å². The molecule has 4 heteroatoms. The van der Waals surface area contributed by atoms with E-state index >= 15 is 0 Å². The highest BCUT2D eigenvalue weighted by Gasteiger charge is 2.13. The van der Waals surface area contributed by atoms with Crippen LogP contribution in [-0.4, -0.2) is 35.7 Å². The van der Waals surface area contributed by atoms with E-state index in [4.69, 9.17) is 0 Å². The van der Waals surface area contributed by atoms with Gasteiger partial charge in [0.25, 0.3) is 0 Å². The number of aliphatic hydroxyl groups is 1. The van der Waals surface area contributed by atoms with Gasteiger partial charge in [0, 0.05) is 12.6 Å². The Kier molecular flexibility index (Phi) is 6.52. The van der Waals surface area contributed by atoms with E-state index in [1.807, 2.05) is 0 Å². The predicted molar refractivity (Wildman–Crippen MR) is 61.7 cm³/mol. The minimum atomic E-state index is -0.769. The summed E-state index contributed by atoms with van der Waals surface area (Å²) in [5.41, 5.74) is -0.769. The Morgan fingerprint density at radius 2 is 1.87 bits per heavy atom. The zero-order valence-electron chi connectivity index (χ0n) is 10.3. The molecule has 0 atom stereocenters. The van der Waals surface area contributed by atoms with Crippen LogP contribution in [0, 0.1) is 0 Å². The molecule has 0 heterocycles. The van der Waals surface area contributed by atoms with Gasteiger partial charge in [0.05, 0.1) is 12.1 Å². The van der Waals surface area contributed by atoms with Crippen molar-refractivity contribution >= 4 is 5.91 Å². The van der Waals surface area contributed by atoms with Crippen LogP contribution in [0.2, 0.25) is 0 Å². The van der Waals surface area contributed by atoms with Crippen LogP contribution in [0.1, 0.15) is 40.5 Å². The molecule has 0 aliphatic heterocycles. The second kappa shape index (κ2) is 6.80. The molecule has 4 nitrogen and oxygen atoms in total. The molecule has 3 N–H and O–H groups in total. The number of rotatable bonds is 7. The molecule has 0 spiro atoms. The first kappa shape index (κ1) is 14.4. The molecule has 0 radical (unpaired) electrons. The predicted octanol–water partition coefficient (Wildman–Crippen LogP) is 0.652. The Bertz CT molecular complexity index is 184. The first-order valence-electron chi connectivity index (χ1n) is 5.61.